The highest BCUT2D eigenvalue weighted by molar-refractivity contribution is 6.06. The number of carbonyl (C=O) groups is 2. The third-order valence-corrected chi connectivity index (χ3v) is 4.87. The Hall–Kier alpha value is -3.29. The molecule has 1 aliphatic carbocycles. The van der Waals surface area contributed by atoms with Gasteiger partial charge >= 0.3 is 0 Å². The molecule has 8 heteroatoms. The minimum atomic E-state index is -0.378. The van der Waals surface area contributed by atoms with Crippen molar-refractivity contribution in [2.45, 2.75) is 31.7 Å². The van der Waals surface area contributed by atoms with E-state index in [0.29, 0.717) is 28.5 Å². The molecule has 1 fully saturated rings. The number of hydrogen-bond acceptors (Lipinski definition) is 6. The number of hydrogen-bond donors (Lipinski definition) is 2. The van der Waals surface area contributed by atoms with Crippen molar-refractivity contribution < 1.29 is 23.8 Å². The summed E-state index contributed by atoms with van der Waals surface area (Å²) >= 11 is 0. The standard InChI is InChI=1S/C21H25N3O5/c1-27-17-11-15(12-18(28-2)19(17)29-3)24-20(25)13-8-9-22-16(10-13)21(26)23-14-6-4-5-7-14/h8-12,14H,4-7H2,1-3H3,(H,23,26)(H,24,25). The zero-order chi connectivity index (χ0) is 20.8. The van der Waals surface area contributed by atoms with E-state index in [9.17, 15) is 9.59 Å². The third-order valence-electron chi connectivity index (χ3n) is 4.87. The third kappa shape index (κ3) is 4.77. The van der Waals surface area contributed by atoms with Gasteiger partial charge in [0, 0.05) is 35.6 Å². The Morgan fingerprint density at radius 1 is 0.966 bits per heavy atom. The van der Waals surface area contributed by atoms with E-state index in [0.717, 1.165) is 25.7 Å². The zero-order valence-electron chi connectivity index (χ0n) is 16.8. The quantitative estimate of drug-likeness (QED) is 0.743. The lowest BCUT2D eigenvalue weighted by atomic mass is 10.1. The summed E-state index contributed by atoms with van der Waals surface area (Å²) < 4.78 is 15.9. The van der Waals surface area contributed by atoms with Gasteiger partial charge in [0.2, 0.25) is 5.75 Å². The fourth-order valence-corrected chi connectivity index (χ4v) is 3.38. The van der Waals surface area contributed by atoms with E-state index in [1.807, 2.05) is 0 Å². The second-order valence-corrected chi connectivity index (χ2v) is 6.75. The molecule has 0 unspecified atom stereocenters. The van der Waals surface area contributed by atoms with Crippen LogP contribution in [-0.4, -0.2) is 44.2 Å². The number of nitrogens with one attached hydrogen (secondary N) is 2. The van der Waals surface area contributed by atoms with Crippen LogP contribution in [0.5, 0.6) is 17.2 Å². The molecule has 1 aromatic heterocycles. The Bertz CT molecular complexity index is 869. The summed E-state index contributed by atoms with van der Waals surface area (Å²) in [5.74, 6) is 0.640. The largest absolute Gasteiger partial charge is 0.493 e. The highest BCUT2D eigenvalue weighted by Crippen LogP contribution is 2.40. The van der Waals surface area contributed by atoms with Gasteiger partial charge in [0.25, 0.3) is 11.8 Å². The molecular weight excluding hydrogens is 374 g/mol. The van der Waals surface area contributed by atoms with Gasteiger partial charge in [-0.05, 0) is 25.0 Å². The Kier molecular flexibility index (Phi) is 6.54. The van der Waals surface area contributed by atoms with E-state index in [1.165, 1.54) is 33.6 Å². The maximum Gasteiger partial charge on any atom is 0.270 e. The van der Waals surface area contributed by atoms with Crippen LogP contribution < -0.4 is 24.8 Å². The molecule has 1 heterocycles. The van der Waals surface area contributed by atoms with Gasteiger partial charge in [-0.2, -0.15) is 0 Å². The van der Waals surface area contributed by atoms with Crippen molar-refractivity contribution in [1.82, 2.24) is 10.3 Å². The number of nitrogens with zero attached hydrogens (tertiary/aromatic N) is 1. The van der Waals surface area contributed by atoms with Crippen molar-refractivity contribution in [3.8, 4) is 17.2 Å². The van der Waals surface area contributed by atoms with Crippen LogP contribution in [0.15, 0.2) is 30.5 Å². The summed E-state index contributed by atoms with van der Waals surface area (Å²) in [6.45, 7) is 0. The molecule has 0 saturated heterocycles. The molecule has 2 aromatic rings. The lowest BCUT2D eigenvalue weighted by molar-refractivity contribution is 0.0933. The van der Waals surface area contributed by atoms with E-state index >= 15 is 0 Å². The summed E-state index contributed by atoms with van der Waals surface area (Å²) in [6, 6.07) is 6.49. The van der Waals surface area contributed by atoms with E-state index in [-0.39, 0.29) is 23.6 Å². The van der Waals surface area contributed by atoms with Crippen LogP contribution in [-0.2, 0) is 0 Å². The molecule has 154 valence electrons. The Labute approximate surface area is 169 Å². The smallest absolute Gasteiger partial charge is 0.270 e. The second-order valence-electron chi connectivity index (χ2n) is 6.75. The minimum absolute atomic E-state index is 0.181. The Morgan fingerprint density at radius 3 is 2.21 bits per heavy atom. The molecule has 0 atom stereocenters. The second kappa shape index (κ2) is 9.27. The first-order valence-electron chi connectivity index (χ1n) is 9.44. The average molecular weight is 399 g/mol. The predicted octanol–water partition coefficient (Wildman–Crippen LogP) is 3.03. The van der Waals surface area contributed by atoms with Crippen molar-refractivity contribution in [1.29, 1.82) is 0 Å². The molecule has 0 spiro atoms. The molecule has 2 amide bonds. The molecule has 3 rings (SSSR count). The number of aromatic nitrogens is 1. The lowest BCUT2D eigenvalue weighted by Gasteiger charge is -2.15. The van der Waals surface area contributed by atoms with Crippen LogP contribution in [0.25, 0.3) is 0 Å². The van der Waals surface area contributed by atoms with Gasteiger partial charge in [0.15, 0.2) is 11.5 Å². The van der Waals surface area contributed by atoms with Crippen LogP contribution in [0.1, 0.15) is 46.5 Å². The van der Waals surface area contributed by atoms with E-state index in [4.69, 9.17) is 14.2 Å². The van der Waals surface area contributed by atoms with Crippen LogP contribution in [0.4, 0.5) is 5.69 Å². The van der Waals surface area contributed by atoms with Gasteiger partial charge in [-0.1, -0.05) is 12.8 Å². The van der Waals surface area contributed by atoms with E-state index in [1.54, 1.807) is 18.2 Å². The van der Waals surface area contributed by atoms with Gasteiger partial charge in [0.05, 0.1) is 21.3 Å². The number of methoxy groups -OCH3 is 3. The Balaban J connectivity index is 1.76. The molecule has 8 nitrogen and oxygen atoms in total. The zero-order valence-corrected chi connectivity index (χ0v) is 16.8. The summed E-state index contributed by atoms with van der Waals surface area (Å²) in [7, 11) is 4.51. The van der Waals surface area contributed by atoms with Crippen LogP contribution >= 0.6 is 0 Å². The van der Waals surface area contributed by atoms with Gasteiger partial charge in [-0.3, -0.25) is 14.6 Å². The normalized spacial score (nSPS) is 13.6. The number of pyridine rings is 1. The molecular formula is C21H25N3O5. The molecule has 0 aliphatic heterocycles. The van der Waals surface area contributed by atoms with Crippen LogP contribution in [0.3, 0.4) is 0 Å². The van der Waals surface area contributed by atoms with Crippen molar-refractivity contribution in [3.63, 3.8) is 0 Å². The fraction of sp³-hybridized carbons (Fsp3) is 0.381. The molecule has 0 radical (unpaired) electrons. The highest BCUT2D eigenvalue weighted by Gasteiger charge is 2.20. The maximum absolute atomic E-state index is 12.7. The SMILES string of the molecule is COc1cc(NC(=O)c2ccnc(C(=O)NC3CCCC3)c2)cc(OC)c1OC. The number of anilines is 1. The number of carbonyl (C=O) groups excluding carboxylic acids is 2. The number of rotatable bonds is 7. The lowest BCUT2D eigenvalue weighted by Crippen LogP contribution is -2.33. The monoisotopic (exact) mass is 399 g/mol. The van der Waals surface area contributed by atoms with Crippen molar-refractivity contribution in [3.05, 3.63) is 41.7 Å². The molecule has 2 N–H and O–H groups in total. The molecule has 1 saturated carbocycles. The minimum Gasteiger partial charge on any atom is -0.493 e. The first-order valence-corrected chi connectivity index (χ1v) is 9.44. The predicted molar refractivity (Wildman–Crippen MR) is 108 cm³/mol. The van der Waals surface area contributed by atoms with Crippen LogP contribution in [0, 0.1) is 0 Å². The fourth-order valence-electron chi connectivity index (χ4n) is 3.38. The van der Waals surface area contributed by atoms with Crippen molar-refractivity contribution in [2.75, 3.05) is 26.6 Å². The number of ether oxygens (including phenoxy) is 3. The number of amides is 2. The Morgan fingerprint density at radius 2 is 1.62 bits per heavy atom. The summed E-state index contributed by atoms with van der Waals surface area (Å²) in [4.78, 5) is 29.2. The summed E-state index contributed by atoms with van der Waals surface area (Å²) in [6.07, 6.45) is 5.65. The first kappa shape index (κ1) is 20.4. The molecule has 1 aromatic carbocycles. The van der Waals surface area contributed by atoms with E-state index in [2.05, 4.69) is 15.6 Å². The van der Waals surface area contributed by atoms with Crippen molar-refractivity contribution >= 4 is 17.5 Å². The van der Waals surface area contributed by atoms with Gasteiger partial charge < -0.3 is 24.8 Å². The van der Waals surface area contributed by atoms with E-state index < -0.39 is 0 Å². The first-order chi connectivity index (χ1) is 14.0. The van der Waals surface area contributed by atoms with Crippen molar-refractivity contribution in [2.24, 2.45) is 0 Å². The molecule has 29 heavy (non-hydrogen) atoms. The average Bonchev–Trinajstić information content (AvgIpc) is 3.26. The number of benzene rings is 1. The van der Waals surface area contributed by atoms with Gasteiger partial charge in [0.1, 0.15) is 5.69 Å². The highest BCUT2D eigenvalue weighted by atomic mass is 16.5. The topological polar surface area (TPSA) is 98.8 Å². The van der Waals surface area contributed by atoms with Gasteiger partial charge in [-0.15, -0.1) is 0 Å². The summed E-state index contributed by atoms with van der Waals surface area (Å²) in [5, 5.41) is 5.76. The van der Waals surface area contributed by atoms with Gasteiger partial charge in [-0.25, -0.2) is 0 Å². The molecule has 0 bridgehead atoms. The molecule has 1 aliphatic rings. The maximum atomic E-state index is 12.7. The van der Waals surface area contributed by atoms with Crippen LogP contribution in [0.2, 0.25) is 0 Å². The summed E-state index contributed by atoms with van der Waals surface area (Å²) in [5.41, 5.74) is 1.01.